The molecule has 1 aliphatic rings. The average Bonchev–Trinajstić information content (AvgIpc) is 3.28. The summed E-state index contributed by atoms with van der Waals surface area (Å²) in [6.45, 7) is 2.33. The van der Waals surface area contributed by atoms with Gasteiger partial charge >= 0.3 is 0 Å². The second kappa shape index (κ2) is 10.1. The van der Waals surface area contributed by atoms with Crippen LogP contribution in [0, 0.1) is 5.92 Å². The van der Waals surface area contributed by atoms with Crippen LogP contribution < -0.4 is 5.32 Å². The Morgan fingerprint density at radius 3 is 2.48 bits per heavy atom. The van der Waals surface area contributed by atoms with E-state index >= 15 is 0 Å². The summed E-state index contributed by atoms with van der Waals surface area (Å²) >= 11 is 5.93. The monoisotopic (exact) mass is 438 g/mol. The first kappa shape index (κ1) is 21.6. The number of aliphatic hydroxyl groups is 1. The lowest BCUT2D eigenvalue weighted by atomic mass is 9.87. The molecule has 1 fully saturated rings. The Hall–Kier alpha value is -2.60. The zero-order valence-corrected chi connectivity index (χ0v) is 18.1. The van der Waals surface area contributed by atoms with Crippen molar-refractivity contribution in [2.24, 2.45) is 5.92 Å². The van der Waals surface area contributed by atoms with Crippen molar-refractivity contribution >= 4 is 17.5 Å². The number of nitrogens with one attached hydrogen (secondary N) is 1. The third kappa shape index (κ3) is 5.76. The molecule has 1 saturated heterocycles. The fourth-order valence-electron chi connectivity index (χ4n) is 4.04. The second-order valence-corrected chi connectivity index (χ2v) is 8.46. The minimum absolute atomic E-state index is 0.0218. The van der Waals surface area contributed by atoms with Gasteiger partial charge in [0.05, 0.1) is 19.2 Å². The van der Waals surface area contributed by atoms with Crippen LogP contribution in [0.15, 0.2) is 71.1 Å². The molecule has 31 heavy (non-hydrogen) atoms. The van der Waals surface area contributed by atoms with Gasteiger partial charge in [0.1, 0.15) is 11.5 Å². The zero-order chi connectivity index (χ0) is 21.6. The zero-order valence-electron chi connectivity index (χ0n) is 17.3. The van der Waals surface area contributed by atoms with E-state index in [-0.39, 0.29) is 11.8 Å². The van der Waals surface area contributed by atoms with Crippen LogP contribution in [0.1, 0.15) is 30.3 Å². The molecule has 3 aromatic rings. The first-order valence-electron chi connectivity index (χ1n) is 10.7. The van der Waals surface area contributed by atoms with Crippen molar-refractivity contribution in [3.8, 4) is 11.3 Å². The van der Waals surface area contributed by atoms with Crippen LogP contribution in [0.2, 0.25) is 5.02 Å². The first-order chi connectivity index (χ1) is 15.1. The van der Waals surface area contributed by atoms with E-state index in [1.165, 1.54) is 0 Å². The molecule has 162 valence electrons. The van der Waals surface area contributed by atoms with Gasteiger partial charge in [-0.3, -0.25) is 9.69 Å². The molecular weight excluding hydrogens is 412 g/mol. The van der Waals surface area contributed by atoms with E-state index in [0.717, 1.165) is 42.8 Å². The van der Waals surface area contributed by atoms with Gasteiger partial charge in [0.25, 0.3) is 0 Å². The normalized spacial score (nSPS) is 16.2. The van der Waals surface area contributed by atoms with Gasteiger partial charge in [0, 0.05) is 10.6 Å². The van der Waals surface area contributed by atoms with Crippen molar-refractivity contribution in [2.45, 2.75) is 25.5 Å². The van der Waals surface area contributed by atoms with E-state index < -0.39 is 6.10 Å². The lowest BCUT2D eigenvalue weighted by molar-refractivity contribution is -0.123. The molecule has 1 aromatic heterocycles. The van der Waals surface area contributed by atoms with Gasteiger partial charge in [0.15, 0.2) is 0 Å². The maximum Gasteiger partial charge on any atom is 0.234 e. The van der Waals surface area contributed by atoms with Gasteiger partial charge in [-0.2, -0.15) is 0 Å². The molecule has 0 bridgehead atoms. The summed E-state index contributed by atoms with van der Waals surface area (Å²) in [4.78, 5) is 14.5. The van der Waals surface area contributed by atoms with Crippen LogP contribution in [0.4, 0.5) is 0 Å². The molecule has 2 heterocycles. The SMILES string of the molecule is O=C(CN1CCC([C@H](O)c2ccccc2)CC1)NCc1ccc(-c2ccc(Cl)cc2)o1. The van der Waals surface area contributed by atoms with E-state index in [2.05, 4.69) is 10.2 Å². The minimum atomic E-state index is -0.439. The van der Waals surface area contributed by atoms with Crippen LogP contribution in [-0.4, -0.2) is 35.5 Å². The summed E-state index contributed by atoms with van der Waals surface area (Å²) in [6.07, 6.45) is 1.32. The second-order valence-electron chi connectivity index (χ2n) is 8.02. The number of carbonyl (C=O) groups is 1. The van der Waals surface area contributed by atoms with Crippen LogP contribution in [0.25, 0.3) is 11.3 Å². The highest BCUT2D eigenvalue weighted by atomic mass is 35.5. The molecule has 2 aromatic carbocycles. The summed E-state index contributed by atoms with van der Waals surface area (Å²) in [5, 5.41) is 14.2. The van der Waals surface area contributed by atoms with E-state index in [9.17, 15) is 9.90 Å². The number of carbonyl (C=O) groups excluding carboxylic acids is 1. The number of benzene rings is 2. The summed E-state index contributed by atoms with van der Waals surface area (Å²) in [5.41, 5.74) is 1.91. The van der Waals surface area contributed by atoms with Crippen LogP contribution in [0.5, 0.6) is 0 Å². The lowest BCUT2D eigenvalue weighted by Gasteiger charge is -2.33. The lowest BCUT2D eigenvalue weighted by Crippen LogP contribution is -2.42. The van der Waals surface area contributed by atoms with Crippen molar-refractivity contribution in [3.63, 3.8) is 0 Å². The Morgan fingerprint density at radius 2 is 1.77 bits per heavy atom. The van der Waals surface area contributed by atoms with Crippen molar-refractivity contribution in [1.29, 1.82) is 0 Å². The quantitative estimate of drug-likeness (QED) is 0.563. The molecule has 1 aliphatic heterocycles. The topological polar surface area (TPSA) is 65.7 Å². The third-order valence-corrected chi connectivity index (χ3v) is 6.09. The van der Waals surface area contributed by atoms with Crippen molar-refractivity contribution in [3.05, 3.63) is 83.1 Å². The Morgan fingerprint density at radius 1 is 1.06 bits per heavy atom. The summed E-state index contributed by atoms with van der Waals surface area (Å²) in [5.74, 6) is 1.67. The number of halogens is 1. The van der Waals surface area contributed by atoms with Gasteiger partial charge < -0.3 is 14.8 Å². The number of furan rings is 1. The summed E-state index contributed by atoms with van der Waals surface area (Å²) < 4.78 is 5.83. The van der Waals surface area contributed by atoms with Crippen molar-refractivity contribution in [1.82, 2.24) is 10.2 Å². The minimum Gasteiger partial charge on any atom is -0.459 e. The molecule has 5 nitrogen and oxygen atoms in total. The molecule has 6 heteroatoms. The molecule has 2 N–H and O–H groups in total. The number of hydrogen-bond donors (Lipinski definition) is 2. The summed E-state index contributed by atoms with van der Waals surface area (Å²) in [6, 6.07) is 21.0. The van der Waals surface area contributed by atoms with Gasteiger partial charge in [-0.15, -0.1) is 0 Å². The largest absolute Gasteiger partial charge is 0.459 e. The molecule has 0 spiro atoms. The van der Waals surface area contributed by atoms with E-state index in [4.69, 9.17) is 16.0 Å². The Labute approximate surface area is 187 Å². The van der Waals surface area contributed by atoms with Crippen LogP contribution >= 0.6 is 11.6 Å². The number of hydrogen-bond acceptors (Lipinski definition) is 4. The molecule has 1 amide bonds. The maximum atomic E-state index is 12.4. The smallest absolute Gasteiger partial charge is 0.234 e. The van der Waals surface area contributed by atoms with Crippen molar-refractivity contribution in [2.75, 3.05) is 19.6 Å². The number of nitrogens with zero attached hydrogens (tertiary/aromatic N) is 1. The summed E-state index contributed by atoms with van der Waals surface area (Å²) in [7, 11) is 0. The fourth-order valence-corrected chi connectivity index (χ4v) is 4.16. The number of piperidine rings is 1. The van der Waals surface area contributed by atoms with E-state index in [1.54, 1.807) is 0 Å². The molecule has 0 radical (unpaired) electrons. The Kier molecular flexibility index (Phi) is 7.07. The maximum absolute atomic E-state index is 12.4. The van der Waals surface area contributed by atoms with Crippen LogP contribution in [-0.2, 0) is 11.3 Å². The highest BCUT2D eigenvalue weighted by molar-refractivity contribution is 6.30. The predicted octanol–water partition coefficient (Wildman–Crippen LogP) is 4.66. The Bertz CT molecular complexity index is 980. The molecule has 0 saturated carbocycles. The molecule has 1 atom stereocenters. The highest BCUT2D eigenvalue weighted by Crippen LogP contribution is 2.30. The Balaban J connectivity index is 1.21. The van der Waals surface area contributed by atoms with Crippen molar-refractivity contribution < 1.29 is 14.3 Å². The molecule has 0 unspecified atom stereocenters. The standard InChI is InChI=1S/C25H27ClN2O3/c26-21-8-6-18(7-9-21)23-11-10-22(31-23)16-27-24(29)17-28-14-12-20(13-15-28)25(30)19-4-2-1-3-5-19/h1-11,20,25,30H,12-17H2,(H,27,29)/t25-/m1/s1. The molecule has 0 aliphatic carbocycles. The van der Waals surface area contributed by atoms with Gasteiger partial charge in [-0.05, 0) is 73.8 Å². The predicted molar refractivity (Wildman–Crippen MR) is 122 cm³/mol. The number of amides is 1. The third-order valence-electron chi connectivity index (χ3n) is 5.84. The number of rotatable bonds is 7. The van der Waals surface area contributed by atoms with Crippen LogP contribution in [0.3, 0.4) is 0 Å². The number of aliphatic hydroxyl groups excluding tert-OH is 1. The van der Waals surface area contributed by atoms with E-state index in [1.807, 2.05) is 66.7 Å². The van der Waals surface area contributed by atoms with Gasteiger partial charge in [-0.1, -0.05) is 41.9 Å². The van der Waals surface area contributed by atoms with E-state index in [0.29, 0.717) is 23.9 Å². The first-order valence-corrected chi connectivity index (χ1v) is 11.0. The molecule has 4 rings (SSSR count). The molecular formula is C25H27ClN2O3. The van der Waals surface area contributed by atoms with Gasteiger partial charge in [-0.25, -0.2) is 0 Å². The fraction of sp³-hybridized carbons (Fsp3) is 0.320. The van der Waals surface area contributed by atoms with Gasteiger partial charge in [0.2, 0.25) is 5.91 Å². The average molecular weight is 439 g/mol. The number of likely N-dealkylation sites (tertiary alicyclic amines) is 1. The highest BCUT2D eigenvalue weighted by Gasteiger charge is 2.26.